The van der Waals surface area contributed by atoms with Gasteiger partial charge < -0.3 is 23.8 Å². The minimum Gasteiger partial charge on any atom is -0.454 e. The molecule has 0 aliphatic carbocycles. The molecule has 0 unspecified atom stereocenters. The number of ether oxygens (including phenoxy) is 2. The van der Waals surface area contributed by atoms with Crippen molar-refractivity contribution in [2.75, 3.05) is 51.0 Å². The molecule has 2 saturated heterocycles. The second kappa shape index (κ2) is 10.1. The summed E-state index contributed by atoms with van der Waals surface area (Å²) >= 11 is 0. The summed E-state index contributed by atoms with van der Waals surface area (Å²) in [5.74, 6) is 0.594. The Kier molecular flexibility index (Phi) is 6.74. The summed E-state index contributed by atoms with van der Waals surface area (Å²) in [6.45, 7) is 10.4. The van der Waals surface area contributed by atoms with Crippen LogP contribution in [0.3, 0.4) is 0 Å². The van der Waals surface area contributed by atoms with E-state index in [1.54, 1.807) is 13.8 Å². The Morgan fingerprint density at radius 3 is 2.40 bits per heavy atom. The van der Waals surface area contributed by atoms with E-state index in [-0.39, 0.29) is 42.4 Å². The van der Waals surface area contributed by atoms with E-state index < -0.39 is 15.9 Å². The highest BCUT2D eigenvalue weighted by molar-refractivity contribution is 7.89. The molecule has 2 aromatic carbocycles. The largest absolute Gasteiger partial charge is 0.454 e. The number of sulfonamides is 1. The molecule has 40 heavy (non-hydrogen) atoms. The molecular formula is C29H34N4O6S. The van der Waals surface area contributed by atoms with Crippen LogP contribution in [-0.2, 0) is 14.8 Å². The molecule has 212 valence electrons. The van der Waals surface area contributed by atoms with Crippen molar-refractivity contribution in [1.29, 1.82) is 0 Å². The van der Waals surface area contributed by atoms with Gasteiger partial charge in [0.05, 0.1) is 5.92 Å². The van der Waals surface area contributed by atoms with Gasteiger partial charge in [0.25, 0.3) is 0 Å². The summed E-state index contributed by atoms with van der Waals surface area (Å²) in [6, 6.07) is 12.0. The summed E-state index contributed by atoms with van der Waals surface area (Å²) in [5.41, 5.74) is 4.78. The second-order valence-electron chi connectivity index (χ2n) is 10.9. The minimum absolute atomic E-state index is 0.0280. The number of nitrogens with zero attached hydrogens (tertiary/aromatic N) is 4. The first-order valence-electron chi connectivity index (χ1n) is 13.6. The molecule has 1 amide bonds. The van der Waals surface area contributed by atoms with Gasteiger partial charge in [-0.3, -0.25) is 4.79 Å². The Morgan fingerprint density at radius 2 is 1.68 bits per heavy atom. The van der Waals surface area contributed by atoms with Crippen LogP contribution in [0.2, 0.25) is 0 Å². The molecule has 1 aromatic heterocycles. The lowest BCUT2D eigenvalue weighted by molar-refractivity contribution is -0.135. The van der Waals surface area contributed by atoms with Crippen LogP contribution >= 0.6 is 0 Å². The van der Waals surface area contributed by atoms with Gasteiger partial charge in [-0.15, -0.1) is 0 Å². The maximum atomic E-state index is 14.1. The maximum Gasteiger partial charge on any atom is 0.248 e. The van der Waals surface area contributed by atoms with E-state index in [1.807, 2.05) is 23.1 Å². The zero-order valence-electron chi connectivity index (χ0n) is 23.2. The molecule has 0 spiro atoms. The number of aryl methyl sites for hydroxylation is 4. The van der Waals surface area contributed by atoms with Crippen LogP contribution in [0.15, 0.2) is 45.8 Å². The lowest BCUT2D eigenvalue weighted by Crippen LogP contribution is -2.51. The van der Waals surface area contributed by atoms with Crippen LogP contribution in [0.4, 0.5) is 5.69 Å². The topological polar surface area (TPSA) is 105 Å². The minimum atomic E-state index is -3.92. The fourth-order valence-corrected chi connectivity index (χ4v) is 7.91. The van der Waals surface area contributed by atoms with E-state index in [9.17, 15) is 13.2 Å². The van der Waals surface area contributed by atoms with Gasteiger partial charge in [-0.2, -0.15) is 4.31 Å². The predicted octanol–water partition coefficient (Wildman–Crippen LogP) is 3.39. The molecule has 0 bridgehead atoms. The first-order valence-corrected chi connectivity index (χ1v) is 15.0. The van der Waals surface area contributed by atoms with Gasteiger partial charge in [0.1, 0.15) is 10.6 Å². The van der Waals surface area contributed by atoms with Crippen LogP contribution < -0.4 is 14.4 Å². The van der Waals surface area contributed by atoms with Crippen LogP contribution in [0.1, 0.15) is 34.1 Å². The average molecular weight is 567 g/mol. The molecule has 3 aromatic rings. The van der Waals surface area contributed by atoms with Crippen LogP contribution in [0, 0.1) is 33.6 Å². The molecule has 2 atom stereocenters. The van der Waals surface area contributed by atoms with Crippen LogP contribution in [0.25, 0.3) is 0 Å². The van der Waals surface area contributed by atoms with Gasteiger partial charge in [0, 0.05) is 50.9 Å². The number of carbonyl (C=O) groups excluding carboxylic acids is 1. The molecule has 3 aliphatic heterocycles. The van der Waals surface area contributed by atoms with Crippen LogP contribution in [0.5, 0.6) is 11.5 Å². The maximum absolute atomic E-state index is 14.1. The fourth-order valence-electron chi connectivity index (χ4n) is 6.13. The number of hydrogen-bond acceptors (Lipinski definition) is 8. The summed E-state index contributed by atoms with van der Waals surface area (Å²) in [6.07, 6.45) is 0. The van der Waals surface area contributed by atoms with E-state index in [0.717, 1.165) is 18.7 Å². The summed E-state index contributed by atoms with van der Waals surface area (Å²) in [4.78, 5) is 18.4. The van der Waals surface area contributed by atoms with E-state index in [2.05, 4.69) is 42.1 Å². The molecule has 0 radical (unpaired) electrons. The van der Waals surface area contributed by atoms with Gasteiger partial charge in [0.15, 0.2) is 17.3 Å². The normalized spacial score (nSPS) is 21.3. The number of rotatable bonds is 5. The number of aromatic nitrogens is 1. The van der Waals surface area contributed by atoms with Gasteiger partial charge in [-0.05, 0) is 62.6 Å². The smallest absolute Gasteiger partial charge is 0.248 e. The molecule has 6 rings (SSSR count). The quantitative estimate of drug-likeness (QED) is 0.463. The SMILES string of the molecule is Cc1ccc(C)c(N2CCN(C(=O)[C@@H]3CN(S(=O)(=O)c4c(C)noc4C)C[C@H]3c3ccc4c(c3)OCO4)CC2)c1. The van der Waals surface area contributed by atoms with Crippen molar-refractivity contribution in [3.63, 3.8) is 0 Å². The zero-order chi connectivity index (χ0) is 28.2. The summed E-state index contributed by atoms with van der Waals surface area (Å²) in [7, 11) is -3.92. The van der Waals surface area contributed by atoms with Gasteiger partial charge >= 0.3 is 0 Å². The first-order chi connectivity index (χ1) is 19.1. The number of anilines is 1. The molecule has 2 fully saturated rings. The zero-order valence-corrected chi connectivity index (χ0v) is 24.0. The number of hydrogen-bond donors (Lipinski definition) is 0. The van der Waals surface area contributed by atoms with Crippen molar-refractivity contribution >= 4 is 21.6 Å². The highest BCUT2D eigenvalue weighted by Crippen LogP contribution is 2.42. The van der Waals surface area contributed by atoms with Crippen molar-refractivity contribution in [2.45, 2.75) is 38.5 Å². The Morgan fingerprint density at radius 1 is 0.925 bits per heavy atom. The highest BCUT2D eigenvalue weighted by atomic mass is 32.2. The highest BCUT2D eigenvalue weighted by Gasteiger charge is 2.46. The first kappa shape index (κ1) is 26.6. The average Bonchev–Trinajstić information content (AvgIpc) is 3.68. The lowest BCUT2D eigenvalue weighted by atomic mass is 9.87. The van der Waals surface area contributed by atoms with Crippen molar-refractivity contribution in [3.8, 4) is 11.5 Å². The second-order valence-corrected chi connectivity index (χ2v) is 12.8. The van der Waals surface area contributed by atoms with Crippen molar-refractivity contribution in [1.82, 2.24) is 14.4 Å². The standard InChI is InChI=1S/C29H34N4O6S/c1-18-5-6-19(2)25(13-18)31-9-11-32(12-10-31)29(34)24-16-33(40(35,36)28-20(3)30-39-21(28)4)15-23(24)22-7-8-26-27(14-22)38-17-37-26/h5-8,13-14,23-24H,9-12,15-17H2,1-4H3/t23-,24+/m0/s1. The number of fused-ring (bicyclic) bond motifs is 1. The molecule has 0 saturated carbocycles. The Balaban J connectivity index is 1.27. The van der Waals surface area contributed by atoms with E-state index in [0.29, 0.717) is 30.3 Å². The number of benzene rings is 2. The fraction of sp³-hybridized carbons (Fsp3) is 0.448. The Hall–Kier alpha value is -3.57. The summed E-state index contributed by atoms with van der Waals surface area (Å²) < 4.78 is 45.1. The van der Waals surface area contributed by atoms with Gasteiger partial charge in [-0.25, -0.2) is 8.42 Å². The molecule has 3 aliphatic rings. The molecule has 11 heteroatoms. The van der Waals surface area contributed by atoms with E-state index >= 15 is 0 Å². The van der Waals surface area contributed by atoms with Crippen molar-refractivity contribution < 1.29 is 27.2 Å². The van der Waals surface area contributed by atoms with Gasteiger partial charge in [0.2, 0.25) is 22.7 Å². The molecule has 10 nitrogen and oxygen atoms in total. The van der Waals surface area contributed by atoms with Gasteiger partial charge in [-0.1, -0.05) is 23.4 Å². The third-order valence-electron chi connectivity index (χ3n) is 8.29. The molecule has 4 heterocycles. The summed E-state index contributed by atoms with van der Waals surface area (Å²) in [5, 5.41) is 3.85. The van der Waals surface area contributed by atoms with E-state index in [4.69, 9.17) is 14.0 Å². The van der Waals surface area contributed by atoms with Crippen molar-refractivity contribution in [2.24, 2.45) is 5.92 Å². The van der Waals surface area contributed by atoms with E-state index in [1.165, 1.54) is 21.1 Å². The Labute approximate surface area is 234 Å². The Bertz CT molecular complexity index is 1540. The number of piperazine rings is 1. The number of carbonyl (C=O) groups is 1. The van der Waals surface area contributed by atoms with Crippen LogP contribution in [-0.4, -0.2) is 74.7 Å². The third kappa shape index (κ3) is 4.60. The molecule has 0 N–H and O–H groups in total. The predicted molar refractivity (Wildman–Crippen MR) is 148 cm³/mol. The lowest BCUT2D eigenvalue weighted by Gasteiger charge is -2.38. The number of amides is 1. The third-order valence-corrected chi connectivity index (χ3v) is 10.4. The monoisotopic (exact) mass is 566 g/mol. The molecular weight excluding hydrogens is 532 g/mol. The van der Waals surface area contributed by atoms with Crippen molar-refractivity contribution in [3.05, 3.63) is 64.5 Å².